The Kier molecular flexibility index (Phi) is 5.00. The van der Waals surface area contributed by atoms with Crippen molar-refractivity contribution in [2.45, 2.75) is 38.5 Å². The smallest absolute Gasteiger partial charge is 0.261 e. The molecule has 6 heteroatoms. The molecule has 124 valence electrons. The molecule has 1 heterocycles. The highest BCUT2D eigenvalue weighted by Crippen LogP contribution is 2.38. The average molecular weight is 389 g/mol. The van der Waals surface area contributed by atoms with E-state index in [0.717, 1.165) is 17.3 Å². The van der Waals surface area contributed by atoms with Crippen molar-refractivity contribution in [2.75, 3.05) is 11.5 Å². The highest BCUT2D eigenvalue weighted by atomic mass is 79.9. The topological polar surface area (TPSA) is 70.4 Å². The molecule has 0 aromatic heterocycles. The number of hydrogen-bond acceptors (Lipinski definition) is 4. The number of unbranched alkanes of at least 4 members (excludes halogenated alkanes) is 1. The second-order valence-electron chi connectivity index (χ2n) is 5.83. The lowest BCUT2D eigenvalue weighted by atomic mass is 9.93. The molecule has 5 nitrogen and oxygen atoms in total. The summed E-state index contributed by atoms with van der Waals surface area (Å²) in [7, 11) is 0. The van der Waals surface area contributed by atoms with Gasteiger partial charge in [0.15, 0.2) is 0 Å². The van der Waals surface area contributed by atoms with Crippen molar-refractivity contribution in [2.24, 2.45) is 0 Å². The Balaban J connectivity index is 1.81. The first-order valence-corrected chi connectivity index (χ1v) is 8.83. The van der Waals surface area contributed by atoms with E-state index in [4.69, 9.17) is 10.00 Å². The lowest BCUT2D eigenvalue weighted by Gasteiger charge is -2.17. The Morgan fingerprint density at radius 3 is 2.46 bits per heavy atom. The van der Waals surface area contributed by atoms with Crippen LogP contribution in [-0.2, 0) is 9.59 Å². The van der Waals surface area contributed by atoms with Crippen molar-refractivity contribution >= 4 is 33.4 Å². The quantitative estimate of drug-likeness (QED) is 0.566. The third kappa shape index (κ3) is 3.09. The molecule has 2 aliphatic rings. The standard InChI is InChI=1S/C18H17BrN2O3/c19-15-8-7-12(11-16(15)24-10-4-3-9-20)21-17(22)13-5-1-2-6-14(13)18(21)23/h7-8,11H,1-6,10H2. The van der Waals surface area contributed by atoms with Gasteiger partial charge in [-0.1, -0.05) is 0 Å². The SMILES string of the molecule is N#CCCCOc1cc(N2C(=O)C3=C(CCCC3)C2=O)ccc1Br. The van der Waals surface area contributed by atoms with Crippen LogP contribution in [0.4, 0.5) is 5.69 Å². The van der Waals surface area contributed by atoms with Gasteiger partial charge < -0.3 is 4.74 Å². The molecule has 0 N–H and O–H groups in total. The molecule has 0 saturated heterocycles. The van der Waals surface area contributed by atoms with E-state index in [-0.39, 0.29) is 11.8 Å². The van der Waals surface area contributed by atoms with Gasteiger partial charge >= 0.3 is 0 Å². The summed E-state index contributed by atoms with van der Waals surface area (Å²) in [5.74, 6) is 0.163. The van der Waals surface area contributed by atoms with Gasteiger partial charge in [0, 0.05) is 23.6 Å². The van der Waals surface area contributed by atoms with Crippen LogP contribution in [0.3, 0.4) is 0 Å². The Labute approximate surface area is 149 Å². The monoisotopic (exact) mass is 388 g/mol. The van der Waals surface area contributed by atoms with E-state index >= 15 is 0 Å². The second-order valence-corrected chi connectivity index (χ2v) is 6.69. The van der Waals surface area contributed by atoms with Gasteiger partial charge in [-0.25, -0.2) is 4.90 Å². The number of amides is 2. The van der Waals surface area contributed by atoms with Crippen molar-refractivity contribution in [3.8, 4) is 11.8 Å². The fourth-order valence-corrected chi connectivity index (χ4v) is 3.41. The number of rotatable bonds is 5. The Bertz CT molecular complexity index is 736. The number of ether oxygens (including phenoxy) is 1. The molecule has 1 aliphatic carbocycles. The molecule has 3 rings (SSSR count). The molecule has 0 radical (unpaired) electrons. The highest BCUT2D eigenvalue weighted by molar-refractivity contribution is 9.10. The maximum absolute atomic E-state index is 12.6. The van der Waals surface area contributed by atoms with Crippen LogP contribution in [0, 0.1) is 11.3 Å². The molecular weight excluding hydrogens is 372 g/mol. The van der Waals surface area contributed by atoms with Crippen LogP contribution in [0.15, 0.2) is 33.8 Å². The predicted molar refractivity (Wildman–Crippen MR) is 92.5 cm³/mol. The van der Waals surface area contributed by atoms with E-state index in [2.05, 4.69) is 22.0 Å². The predicted octanol–water partition coefficient (Wildman–Crippen LogP) is 3.88. The molecule has 0 bridgehead atoms. The molecule has 0 atom stereocenters. The van der Waals surface area contributed by atoms with Gasteiger partial charge in [0.1, 0.15) is 5.75 Å². The molecule has 0 fully saturated rings. The van der Waals surface area contributed by atoms with Crippen molar-refractivity contribution in [3.05, 3.63) is 33.8 Å². The van der Waals surface area contributed by atoms with Gasteiger partial charge in [-0.15, -0.1) is 0 Å². The van der Waals surface area contributed by atoms with Gasteiger partial charge in [0.25, 0.3) is 11.8 Å². The Morgan fingerprint density at radius 1 is 1.17 bits per heavy atom. The van der Waals surface area contributed by atoms with Crippen LogP contribution >= 0.6 is 15.9 Å². The van der Waals surface area contributed by atoms with E-state index in [1.807, 2.05) is 0 Å². The van der Waals surface area contributed by atoms with Crippen LogP contribution in [0.1, 0.15) is 38.5 Å². The fraction of sp³-hybridized carbons (Fsp3) is 0.389. The first-order chi connectivity index (χ1) is 11.6. The molecule has 2 amide bonds. The Morgan fingerprint density at radius 2 is 1.83 bits per heavy atom. The lowest BCUT2D eigenvalue weighted by Crippen LogP contribution is -2.31. The zero-order valence-corrected chi connectivity index (χ0v) is 14.8. The van der Waals surface area contributed by atoms with Crippen LogP contribution in [0.2, 0.25) is 0 Å². The fourth-order valence-electron chi connectivity index (χ4n) is 3.05. The third-order valence-electron chi connectivity index (χ3n) is 4.25. The number of carbonyl (C=O) groups excluding carboxylic acids is 2. The molecule has 1 aromatic carbocycles. The van der Waals surface area contributed by atoms with Crippen LogP contribution in [0.25, 0.3) is 0 Å². The Hall–Kier alpha value is -2.13. The first-order valence-electron chi connectivity index (χ1n) is 8.03. The molecule has 0 spiro atoms. The summed E-state index contributed by atoms with van der Waals surface area (Å²) in [6.07, 6.45) is 4.34. The molecule has 1 aliphatic heterocycles. The van der Waals surface area contributed by atoms with Crippen molar-refractivity contribution in [1.82, 2.24) is 0 Å². The summed E-state index contributed by atoms with van der Waals surface area (Å²) in [6, 6.07) is 7.28. The summed E-state index contributed by atoms with van der Waals surface area (Å²) >= 11 is 3.41. The molecule has 0 unspecified atom stereocenters. The number of nitrogens with zero attached hydrogens (tertiary/aromatic N) is 2. The molecule has 24 heavy (non-hydrogen) atoms. The summed E-state index contributed by atoms with van der Waals surface area (Å²) < 4.78 is 6.42. The van der Waals surface area contributed by atoms with E-state index in [1.54, 1.807) is 18.2 Å². The zero-order valence-electron chi connectivity index (χ0n) is 13.2. The van der Waals surface area contributed by atoms with Crippen LogP contribution in [-0.4, -0.2) is 18.4 Å². The zero-order chi connectivity index (χ0) is 17.1. The van der Waals surface area contributed by atoms with Crippen LogP contribution < -0.4 is 9.64 Å². The van der Waals surface area contributed by atoms with Crippen LogP contribution in [0.5, 0.6) is 5.75 Å². The van der Waals surface area contributed by atoms with E-state index < -0.39 is 0 Å². The normalized spacial score (nSPS) is 17.1. The van der Waals surface area contributed by atoms with Gasteiger partial charge in [-0.2, -0.15) is 5.26 Å². The summed E-state index contributed by atoms with van der Waals surface area (Å²) in [4.78, 5) is 26.5. The number of hydrogen-bond donors (Lipinski definition) is 0. The number of benzene rings is 1. The number of anilines is 1. The minimum atomic E-state index is -0.201. The molecule has 0 saturated carbocycles. The van der Waals surface area contributed by atoms with Gasteiger partial charge in [-0.3, -0.25) is 9.59 Å². The maximum Gasteiger partial charge on any atom is 0.261 e. The maximum atomic E-state index is 12.6. The highest BCUT2D eigenvalue weighted by Gasteiger charge is 2.39. The second kappa shape index (κ2) is 7.18. The number of halogens is 1. The number of carbonyl (C=O) groups is 2. The van der Waals surface area contributed by atoms with E-state index in [9.17, 15) is 9.59 Å². The third-order valence-corrected chi connectivity index (χ3v) is 4.91. The largest absolute Gasteiger partial charge is 0.492 e. The van der Waals surface area contributed by atoms with E-state index in [1.165, 1.54) is 4.90 Å². The molecular formula is C18H17BrN2O3. The van der Waals surface area contributed by atoms with Crippen molar-refractivity contribution < 1.29 is 14.3 Å². The van der Waals surface area contributed by atoms with Crippen molar-refractivity contribution in [3.63, 3.8) is 0 Å². The average Bonchev–Trinajstić information content (AvgIpc) is 2.85. The lowest BCUT2D eigenvalue weighted by molar-refractivity contribution is -0.120. The van der Waals surface area contributed by atoms with Gasteiger partial charge in [-0.05, 0) is 60.2 Å². The summed E-state index contributed by atoms with van der Waals surface area (Å²) in [6.45, 7) is 0.409. The van der Waals surface area contributed by atoms with E-state index in [0.29, 0.717) is 54.9 Å². The van der Waals surface area contributed by atoms with Gasteiger partial charge in [0.05, 0.1) is 22.8 Å². The summed E-state index contributed by atoms with van der Waals surface area (Å²) in [5, 5.41) is 8.56. The van der Waals surface area contributed by atoms with Gasteiger partial charge in [0.2, 0.25) is 0 Å². The minimum Gasteiger partial charge on any atom is -0.492 e. The summed E-state index contributed by atoms with van der Waals surface area (Å²) in [5.41, 5.74) is 1.87. The molecule has 1 aromatic rings. The minimum absolute atomic E-state index is 0.201. The number of nitriles is 1. The first kappa shape index (κ1) is 16.7. The van der Waals surface area contributed by atoms with Crippen molar-refractivity contribution in [1.29, 1.82) is 5.26 Å². The number of imide groups is 1.